The Balaban J connectivity index is 0. The van der Waals surface area contributed by atoms with Crippen molar-refractivity contribution in [3.8, 4) is 0 Å². The van der Waals surface area contributed by atoms with Crippen molar-refractivity contribution in [2.24, 2.45) is 0 Å². The quantitative estimate of drug-likeness (QED) is 0.127. The molecule has 0 fully saturated rings. The van der Waals surface area contributed by atoms with E-state index < -0.39 is 16.0 Å². The van der Waals surface area contributed by atoms with Gasteiger partial charge in [0.05, 0.1) is 5.60 Å². The zero-order valence-electron chi connectivity index (χ0n) is 19.5. The fourth-order valence-electron chi connectivity index (χ4n) is 3.56. The largest absolute Gasteiger partial charge is 0.726 e. The Morgan fingerprint density at radius 2 is 1.10 bits per heavy atom. The summed E-state index contributed by atoms with van der Waals surface area (Å²) in [7, 11) is -4.78. The van der Waals surface area contributed by atoms with Crippen LogP contribution in [-0.4, -0.2) is 24.4 Å². The lowest BCUT2D eigenvalue weighted by Crippen LogP contribution is -2.30. The molecule has 0 unspecified atom stereocenters. The number of carbonyl (C=O) groups excluding carboxylic acids is 1. The first kappa shape index (κ1) is 30.7. The Hall–Kier alpha value is -0.500. The standard InChI is InChI=1S/C22H44O5S.H3N/c1-4-5-6-7-8-9-10-11-12-13-14-15-16-17-18-19-21(23)20-22(2,3)27-28(24,25)26;/h4-20H2,1-3H3,(H,24,25,26);1H3. The second-order valence-electron chi connectivity index (χ2n) is 8.67. The second kappa shape index (κ2) is 18.3. The molecule has 0 amide bonds. The number of rotatable bonds is 20. The van der Waals surface area contributed by atoms with Gasteiger partial charge in [-0.15, -0.1) is 0 Å². The van der Waals surface area contributed by atoms with Crippen LogP contribution < -0.4 is 6.15 Å². The molecule has 0 atom stereocenters. The molecule has 29 heavy (non-hydrogen) atoms. The van der Waals surface area contributed by atoms with Crippen LogP contribution in [0, 0.1) is 0 Å². The predicted molar refractivity (Wildman–Crippen MR) is 120 cm³/mol. The van der Waals surface area contributed by atoms with Crippen molar-refractivity contribution in [2.75, 3.05) is 0 Å². The minimum Gasteiger partial charge on any atom is -0.726 e. The van der Waals surface area contributed by atoms with Crippen LogP contribution in [0.25, 0.3) is 0 Å². The molecule has 0 radical (unpaired) electrons. The van der Waals surface area contributed by atoms with E-state index in [1.165, 1.54) is 90.9 Å². The molecule has 0 aromatic heterocycles. The molecule has 0 aromatic carbocycles. The predicted octanol–water partition coefficient (Wildman–Crippen LogP) is 6.84. The maximum Gasteiger partial charge on any atom is 0.218 e. The maximum atomic E-state index is 11.9. The molecule has 0 heterocycles. The number of ketones is 1. The van der Waals surface area contributed by atoms with Crippen molar-refractivity contribution < 1.29 is 21.9 Å². The summed E-state index contributed by atoms with van der Waals surface area (Å²) in [5.74, 6) is -0.0525. The minimum atomic E-state index is -4.78. The molecule has 0 bridgehead atoms. The summed E-state index contributed by atoms with van der Waals surface area (Å²) in [4.78, 5) is 11.9. The van der Waals surface area contributed by atoms with Gasteiger partial charge < -0.3 is 10.7 Å². The third-order valence-electron chi connectivity index (χ3n) is 5.01. The van der Waals surface area contributed by atoms with E-state index in [9.17, 15) is 17.8 Å². The van der Waals surface area contributed by atoms with Crippen molar-refractivity contribution in [3.63, 3.8) is 0 Å². The highest BCUT2D eigenvalue weighted by molar-refractivity contribution is 7.80. The molecule has 0 rings (SSSR count). The molecule has 0 aliphatic heterocycles. The Kier molecular flexibility index (Phi) is 19.3. The third kappa shape index (κ3) is 23.6. The average Bonchev–Trinajstić information content (AvgIpc) is 2.55. The van der Waals surface area contributed by atoms with E-state index in [2.05, 4.69) is 11.1 Å². The molecule has 0 aliphatic rings. The summed E-state index contributed by atoms with van der Waals surface area (Å²) < 4.78 is 36.4. The molecule has 7 heteroatoms. The van der Waals surface area contributed by atoms with Crippen LogP contribution >= 0.6 is 0 Å². The van der Waals surface area contributed by atoms with Crippen LogP contribution in [-0.2, 0) is 19.4 Å². The third-order valence-corrected chi connectivity index (χ3v) is 5.67. The summed E-state index contributed by atoms with van der Waals surface area (Å²) in [5.41, 5.74) is -1.26. The lowest BCUT2D eigenvalue weighted by Gasteiger charge is -2.25. The van der Waals surface area contributed by atoms with Crippen molar-refractivity contribution >= 4 is 16.2 Å². The van der Waals surface area contributed by atoms with Gasteiger partial charge in [-0.1, -0.05) is 96.8 Å². The van der Waals surface area contributed by atoms with Gasteiger partial charge >= 0.3 is 0 Å². The average molecular weight is 438 g/mol. The van der Waals surface area contributed by atoms with Crippen molar-refractivity contribution in [1.82, 2.24) is 6.15 Å². The van der Waals surface area contributed by atoms with Gasteiger partial charge in [-0.3, -0.25) is 8.98 Å². The topological polar surface area (TPSA) is 120 Å². The summed E-state index contributed by atoms with van der Waals surface area (Å²) >= 11 is 0. The fourth-order valence-corrected chi connectivity index (χ4v) is 4.17. The Bertz CT molecular complexity index is 491. The lowest BCUT2D eigenvalue weighted by molar-refractivity contribution is -0.122. The molecular formula is C22H47NO5S. The normalized spacial score (nSPS) is 12.0. The minimum absolute atomic E-state index is 0. The number of Topliss-reactive ketones (excluding diaryl/α,β-unsaturated/α-hetero) is 1. The van der Waals surface area contributed by atoms with Gasteiger partial charge in [-0.2, -0.15) is 0 Å². The fraction of sp³-hybridized carbons (Fsp3) is 0.955. The zero-order valence-corrected chi connectivity index (χ0v) is 20.3. The highest BCUT2D eigenvalue weighted by Crippen LogP contribution is 2.19. The number of carbonyl (C=O) groups is 1. The number of hydrogen-bond donors (Lipinski definition) is 1. The summed E-state index contributed by atoms with van der Waals surface area (Å²) in [6, 6.07) is 0. The van der Waals surface area contributed by atoms with Crippen LogP contribution in [0.2, 0.25) is 0 Å². The molecule has 6 nitrogen and oxygen atoms in total. The Labute approximate surface area is 180 Å². The Morgan fingerprint density at radius 3 is 1.45 bits per heavy atom. The van der Waals surface area contributed by atoms with Crippen molar-refractivity contribution in [2.45, 2.75) is 136 Å². The molecule has 0 aliphatic carbocycles. The van der Waals surface area contributed by atoms with E-state index in [4.69, 9.17) is 0 Å². The van der Waals surface area contributed by atoms with Gasteiger partial charge in [0.2, 0.25) is 10.4 Å². The summed E-state index contributed by atoms with van der Waals surface area (Å²) in [6.45, 7) is 5.16. The monoisotopic (exact) mass is 437 g/mol. The highest BCUT2D eigenvalue weighted by Gasteiger charge is 2.25. The van der Waals surface area contributed by atoms with E-state index in [1.54, 1.807) is 0 Å². The van der Waals surface area contributed by atoms with Gasteiger partial charge in [0, 0.05) is 12.8 Å². The molecule has 0 saturated carbocycles. The van der Waals surface area contributed by atoms with Crippen LogP contribution in [0.4, 0.5) is 0 Å². The second-order valence-corrected chi connectivity index (χ2v) is 9.65. The van der Waals surface area contributed by atoms with Gasteiger partial charge in [0.1, 0.15) is 5.78 Å². The highest BCUT2D eigenvalue weighted by atomic mass is 32.3. The number of quaternary nitrogens is 1. The first-order chi connectivity index (χ1) is 13.2. The molecular weight excluding hydrogens is 390 g/mol. The van der Waals surface area contributed by atoms with Crippen LogP contribution in [0.15, 0.2) is 0 Å². The van der Waals surface area contributed by atoms with Crippen LogP contribution in [0.3, 0.4) is 0 Å². The Morgan fingerprint density at radius 1 is 0.759 bits per heavy atom. The smallest absolute Gasteiger partial charge is 0.218 e. The van der Waals surface area contributed by atoms with Gasteiger partial charge in [-0.25, -0.2) is 8.42 Å². The first-order valence-electron chi connectivity index (χ1n) is 11.3. The van der Waals surface area contributed by atoms with Crippen LogP contribution in [0.5, 0.6) is 0 Å². The van der Waals surface area contributed by atoms with Gasteiger partial charge in [0.15, 0.2) is 0 Å². The van der Waals surface area contributed by atoms with E-state index >= 15 is 0 Å². The maximum absolute atomic E-state index is 11.9. The molecule has 0 aromatic rings. The van der Waals surface area contributed by atoms with E-state index in [-0.39, 0.29) is 18.4 Å². The molecule has 4 N–H and O–H groups in total. The summed E-state index contributed by atoms with van der Waals surface area (Å²) in [5, 5.41) is 0. The van der Waals surface area contributed by atoms with Gasteiger partial charge in [0.25, 0.3) is 0 Å². The van der Waals surface area contributed by atoms with Crippen molar-refractivity contribution in [3.05, 3.63) is 0 Å². The van der Waals surface area contributed by atoms with E-state index in [0.717, 1.165) is 19.3 Å². The lowest BCUT2D eigenvalue weighted by atomic mass is 9.98. The molecule has 0 spiro atoms. The zero-order chi connectivity index (χ0) is 21.3. The van der Waals surface area contributed by atoms with E-state index in [1.807, 2.05) is 0 Å². The SMILES string of the molecule is CCCCCCCCCCCCCCCCCC(=O)CC(C)(C)OS(=O)(=O)[O-].[NH4+]. The summed E-state index contributed by atoms with van der Waals surface area (Å²) in [6.07, 6.45) is 19.5. The molecule has 0 saturated heterocycles. The van der Waals surface area contributed by atoms with E-state index in [0.29, 0.717) is 6.42 Å². The number of hydrogen-bond acceptors (Lipinski definition) is 5. The van der Waals surface area contributed by atoms with Gasteiger partial charge in [-0.05, 0) is 20.3 Å². The van der Waals surface area contributed by atoms with Crippen LogP contribution in [0.1, 0.15) is 130 Å². The first-order valence-corrected chi connectivity index (χ1v) is 12.7. The molecule has 176 valence electrons. The van der Waals surface area contributed by atoms with Crippen molar-refractivity contribution in [1.29, 1.82) is 0 Å². The number of unbranched alkanes of at least 4 members (excludes halogenated alkanes) is 14.